The number of amides is 2. The number of nitrogens with one attached hydrogen (secondary N) is 2. The van der Waals surface area contributed by atoms with Gasteiger partial charge in [-0.25, -0.2) is 0 Å². The van der Waals surface area contributed by atoms with Crippen molar-refractivity contribution in [2.75, 3.05) is 11.9 Å². The van der Waals surface area contributed by atoms with Crippen molar-refractivity contribution in [2.24, 2.45) is 0 Å². The highest BCUT2D eigenvalue weighted by Gasteiger charge is 2.13. The number of halogens is 2. The molecule has 0 spiro atoms. The standard InChI is InChI=1S/C15H16Cl2N4O2S/c1-2-3-4-13-20-21-15(24-13)19-12(22)8-18-14(23)10-6-5-9(16)7-11(10)17/h5-7H,2-4,8H2,1H3,(H,18,23)(H,19,21,22). The zero-order valence-electron chi connectivity index (χ0n) is 12.9. The highest BCUT2D eigenvalue weighted by atomic mass is 35.5. The molecule has 9 heteroatoms. The second kappa shape index (κ2) is 8.96. The van der Waals surface area contributed by atoms with Crippen molar-refractivity contribution in [1.29, 1.82) is 0 Å². The Balaban J connectivity index is 1.84. The molecule has 1 aromatic carbocycles. The summed E-state index contributed by atoms with van der Waals surface area (Å²) in [5.74, 6) is -0.834. The molecule has 0 bridgehead atoms. The summed E-state index contributed by atoms with van der Waals surface area (Å²) >= 11 is 13.1. The van der Waals surface area contributed by atoms with Gasteiger partial charge in [0.05, 0.1) is 17.1 Å². The van der Waals surface area contributed by atoms with Crippen LogP contribution in [0.5, 0.6) is 0 Å². The second-order valence-corrected chi connectivity index (χ2v) is 6.87. The van der Waals surface area contributed by atoms with Crippen molar-refractivity contribution < 1.29 is 9.59 Å². The third kappa shape index (κ3) is 5.43. The normalized spacial score (nSPS) is 10.5. The van der Waals surface area contributed by atoms with Crippen LogP contribution in [-0.4, -0.2) is 28.6 Å². The highest BCUT2D eigenvalue weighted by molar-refractivity contribution is 7.15. The van der Waals surface area contributed by atoms with E-state index in [0.29, 0.717) is 10.2 Å². The van der Waals surface area contributed by atoms with E-state index in [1.807, 2.05) is 0 Å². The van der Waals surface area contributed by atoms with Gasteiger partial charge in [0.2, 0.25) is 11.0 Å². The topological polar surface area (TPSA) is 84.0 Å². The quantitative estimate of drug-likeness (QED) is 0.761. The molecule has 0 aliphatic heterocycles. The Bertz CT molecular complexity index is 736. The maximum absolute atomic E-state index is 12.0. The number of nitrogens with zero attached hydrogens (tertiary/aromatic N) is 2. The second-order valence-electron chi connectivity index (χ2n) is 4.96. The molecule has 0 unspecified atom stereocenters. The van der Waals surface area contributed by atoms with Crippen LogP contribution >= 0.6 is 34.5 Å². The molecule has 2 rings (SSSR count). The summed E-state index contributed by atoms with van der Waals surface area (Å²) in [7, 11) is 0. The summed E-state index contributed by atoms with van der Waals surface area (Å²) in [6.45, 7) is 1.90. The Morgan fingerprint density at radius 3 is 2.75 bits per heavy atom. The van der Waals surface area contributed by atoms with Crippen LogP contribution in [0.15, 0.2) is 18.2 Å². The molecule has 1 heterocycles. The minimum atomic E-state index is -0.451. The van der Waals surface area contributed by atoms with Crippen LogP contribution in [0, 0.1) is 0 Å². The van der Waals surface area contributed by atoms with Crippen LogP contribution in [0.3, 0.4) is 0 Å². The van der Waals surface area contributed by atoms with Gasteiger partial charge in [0, 0.05) is 11.4 Å². The van der Waals surface area contributed by atoms with E-state index in [1.165, 1.54) is 23.5 Å². The van der Waals surface area contributed by atoms with Crippen molar-refractivity contribution in [3.05, 3.63) is 38.8 Å². The van der Waals surface area contributed by atoms with Crippen LogP contribution in [-0.2, 0) is 11.2 Å². The van der Waals surface area contributed by atoms with Gasteiger partial charge in [0.15, 0.2) is 0 Å². The Morgan fingerprint density at radius 1 is 1.25 bits per heavy atom. The zero-order chi connectivity index (χ0) is 17.5. The molecule has 0 saturated heterocycles. The molecule has 0 aliphatic carbocycles. The van der Waals surface area contributed by atoms with Crippen molar-refractivity contribution in [1.82, 2.24) is 15.5 Å². The van der Waals surface area contributed by atoms with Crippen LogP contribution < -0.4 is 10.6 Å². The molecule has 24 heavy (non-hydrogen) atoms. The van der Waals surface area contributed by atoms with Crippen LogP contribution in [0.1, 0.15) is 35.1 Å². The number of hydrogen-bond donors (Lipinski definition) is 2. The smallest absolute Gasteiger partial charge is 0.253 e. The molecule has 0 aliphatic rings. The highest BCUT2D eigenvalue weighted by Crippen LogP contribution is 2.21. The third-order valence-corrected chi connectivity index (χ3v) is 4.49. The lowest BCUT2D eigenvalue weighted by atomic mass is 10.2. The fraction of sp³-hybridized carbons (Fsp3) is 0.333. The van der Waals surface area contributed by atoms with Crippen LogP contribution in [0.25, 0.3) is 0 Å². The largest absolute Gasteiger partial charge is 0.343 e. The Labute approximate surface area is 153 Å². The minimum Gasteiger partial charge on any atom is -0.343 e. The van der Waals surface area contributed by atoms with Gasteiger partial charge in [-0.05, 0) is 24.6 Å². The van der Waals surface area contributed by atoms with Gasteiger partial charge in [0.1, 0.15) is 5.01 Å². The molecule has 0 fully saturated rings. The predicted molar refractivity (Wildman–Crippen MR) is 95.9 cm³/mol. The van der Waals surface area contributed by atoms with E-state index in [0.717, 1.165) is 24.3 Å². The number of anilines is 1. The number of aryl methyl sites for hydroxylation is 1. The van der Waals surface area contributed by atoms with Crippen molar-refractivity contribution in [2.45, 2.75) is 26.2 Å². The first-order valence-corrected chi connectivity index (χ1v) is 8.92. The van der Waals surface area contributed by atoms with Gasteiger partial charge in [-0.2, -0.15) is 0 Å². The van der Waals surface area contributed by atoms with E-state index < -0.39 is 5.91 Å². The predicted octanol–water partition coefficient (Wildman–Crippen LogP) is 3.56. The fourth-order valence-corrected chi connectivity index (χ4v) is 3.12. The average molecular weight is 387 g/mol. The van der Waals surface area contributed by atoms with E-state index >= 15 is 0 Å². The van der Waals surface area contributed by atoms with Gasteiger partial charge < -0.3 is 5.32 Å². The van der Waals surface area contributed by atoms with Crippen LogP contribution in [0.2, 0.25) is 10.0 Å². The van der Waals surface area contributed by atoms with Gasteiger partial charge >= 0.3 is 0 Å². The van der Waals surface area contributed by atoms with Gasteiger partial charge in [0.25, 0.3) is 5.91 Å². The molecule has 6 nitrogen and oxygen atoms in total. The van der Waals surface area contributed by atoms with Gasteiger partial charge in [-0.1, -0.05) is 47.9 Å². The number of benzene rings is 1. The first kappa shape index (κ1) is 18.6. The molecule has 0 atom stereocenters. The number of aromatic nitrogens is 2. The zero-order valence-corrected chi connectivity index (χ0v) is 15.3. The number of hydrogen-bond acceptors (Lipinski definition) is 5. The summed E-state index contributed by atoms with van der Waals surface area (Å²) in [6.07, 6.45) is 2.94. The molecular formula is C15H16Cl2N4O2S. The SMILES string of the molecule is CCCCc1nnc(NC(=O)CNC(=O)c2ccc(Cl)cc2Cl)s1. The summed E-state index contributed by atoms with van der Waals surface area (Å²) in [6, 6.07) is 4.53. The molecule has 128 valence electrons. The average Bonchev–Trinajstić information content (AvgIpc) is 2.98. The number of carbonyl (C=O) groups excluding carboxylic acids is 2. The maximum Gasteiger partial charge on any atom is 0.253 e. The molecular weight excluding hydrogens is 371 g/mol. The van der Waals surface area contributed by atoms with E-state index in [2.05, 4.69) is 27.8 Å². The van der Waals surface area contributed by atoms with Crippen molar-refractivity contribution in [3.8, 4) is 0 Å². The summed E-state index contributed by atoms with van der Waals surface area (Å²) in [5, 5.41) is 15.0. The molecule has 2 aromatic rings. The van der Waals surface area contributed by atoms with E-state index in [1.54, 1.807) is 6.07 Å². The Kier molecular flexibility index (Phi) is 6.96. The minimum absolute atomic E-state index is 0.193. The van der Waals surface area contributed by atoms with E-state index in [-0.39, 0.29) is 23.0 Å². The fourth-order valence-electron chi connectivity index (χ4n) is 1.83. The maximum atomic E-state index is 12.0. The first-order valence-electron chi connectivity index (χ1n) is 7.35. The van der Waals surface area contributed by atoms with E-state index in [9.17, 15) is 9.59 Å². The van der Waals surface area contributed by atoms with Gasteiger partial charge in [-0.15, -0.1) is 10.2 Å². The lowest BCUT2D eigenvalue weighted by Crippen LogP contribution is -2.33. The van der Waals surface area contributed by atoms with Gasteiger partial charge in [-0.3, -0.25) is 14.9 Å². The number of unbranched alkanes of at least 4 members (excludes halogenated alkanes) is 1. The molecule has 2 N–H and O–H groups in total. The summed E-state index contributed by atoms with van der Waals surface area (Å²) in [5.41, 5.74) is 0.256. The Hall–Kier alpha value is -1.70. The van der Waals surface area contributed by atoms with Crippen molar-refractivity contribution >= 4 is 51.5 Å². The van der Waals surface area contributed by atoms with Crippen molar-refractivity contribution in [3.63, 3.8) is 0 Å². The third-order valence-electron chi connectivity index (χ3n) is 3.04. The molecule has 1 aromatic heterocycles. The van der Waals surface area contributed by atoms with Crippen LogP contribution in [0.4, 0.5) is 5.13 Å². The number of carbonyl (C=O) groups is 2. The lowest BCUT2D eigenvalue weighted by Gasteiger charge is -2.06. The molecule has 0 radical (unpaired) electrons. The first-order chi connectivity index (χ1) is 11.5. The monoisotopic (exact) mass is 386 g/mol. The molecule has 0 saturated carbocycles. The molecule has 2 amide bonds. The lowest BCUT2D eigenvalue weighted by molar-refractivity contribution is -0.115. The van der Waals surface area contributed by atoms with E-state index in [4.69, 9.17) is 23.2 Å². The summed E-state index contributed by atoms with van der Waals surface area (Å²) in [4.78, 5) is 23.9. The number of rotatable bonds is 7. The Morgan fingerprint density at radius 2 is 2.04 bits per heavy atom. The summed E-state index contributed by atoms with van der Waals surface area (Å²) < 4.78 is 0.